The van der Waals surface area contributed by atoms with Gasteiger partial charge in [-0.05, 0) is 81.1 Å². The van der Waals surface area contributed by atoms with Gasteiger partial charge in [0.05, 0.1) is 11.7 Å². The van der Waals surface area contributed by atoms with Gasteiger partial charge in [-0.1, -0.05) is 68.7 Å². The highest BCUT2D eigenvalue weighted by molar-refractivity contribution is 7.99. The van der Waals surface area contributed by atoms with E-state index in [0.29, 0.717) is 5.92 Å². The summed E-state index contributed by atoms with van der Waals surface area (Å²) in [6.07, 6.45) is 19.7. The molecule has 0 aromatic carbocycles. The van der Waals surface area contributed by atoms with E-state index in [1.54, 1.807) is 11.1 Å². The van der Waals surface area contributed by atoms with Gasteiger partial charge in [0.25, 0.3) is 0 Å². The minimum Gasteiger partial charge on any atom is -0.389 e. The van der Waals surface area contributed by atoms with Gasteiger partial charge in [0.15, 0.2) is 0 Å². The second-order valence-electron chi connectivity index (χ2n) is 10.2. The fourth-order valence-corrected chi connectivity index (χ4v) is 7.32. The lowest BCUT2D eigenvalue weighted by atomic mass is 9.64. The summed E-state index contributed by atoms with van der Waals surface area (Å²) < 4.78 is 0. The van der Waals surface area contributed by atoms with Crippen LogP contribution in [0.4, 0.5) is 0 Å². The van der Waals surface area contributed by atoms with Gasteiger partial charge in [-0.3, -0.25) is 0 Å². The van der Waals surface area contributed by atoms with Crippen molar-refractivity contribution in [3.63, 3.8) is 0 Å². The maximum Gasteiger partial charge on any atom is 0.0787 e. The Balaban J connectivity index is 1.63. The first kappa shape index (κ1) is 24.9. The SMILES string of the molecule is CC/C=C1/CC/C(=C/C=C2\CCCC3(C)C(CSCC(O)(CC)CC)=CCC23)C[C@H]1O. The highest BCUT2D eigenvalue weighted by Gasteiger charge is 2.44. The molecule has 2 N–H and O–H groups in total. The van der Waals surface area contributed by atoms with Gasteiger partial charge in [-0.25, -0.2) is 0 Å². The van der Waals surface area contributed by atoms with Crippen molar-refractivity contribution < 1.29 is 10.2 Å². The van der Waals surface area contributed by atoms with Crippen molar-refractivity contribution >= 4 is 11.8 Å². The summed E-state index contributed by atoms with van der Waals surface area (Å²) in [6.45, 7) is 8.81. The maximum atomic E-state index is 10.6. The van der Waals surface area contributed by atoms with Gasteiger partial charge in [-0.2, -0.15) is 11.8 Å². The predicted octanol–water partition coefficient (Wildman–Crippen LogP) is 7.14. The summed E-state index contributed by atoms with van der Waals surface area (Å²) >= 11 is 1.92. The molecule has 0 aliphatic heterocycles. The molecule has 0 radical (unpaired) electrons. The average molecular weight is 445 g/mol. The largest absolute Gasteiger partial charge is 0.389 e. The van der Waals surface area contributed by atoms with E-state index in [4.69, 9.17) is 0 Å². The minimum atomic E-state index is -0.509. The first-order valence-corrected chi connectivity index (χ1v) is 13.8. The van der Waals surface area contributed by atoms with Gasteiger partial charge < -0.3 is 10.2 Å². The Kier molecular flexibility index (Phi) is 8.74. The monoisotopic (exact) mass is 444 g/mol. The van der Waals surface area contributed by atoms with Crippen molar-refractivity contribution in [2.75, 3.05) is 11.5 Å². The number of hydrogen-bond acceptors (Lipinski definition) is 3. The predicted molar refractivity (Wildman–Crippen MR) is 135 cm³/mol. The summed E-state index contributed by atoms with van der Waals surface area (Å²) in [6, 6.07) is 0. The molecule has 3 aliphatic rings. The van der Waals surface area contributed by atoms with Crippen molar-refractivity contribution in [2.24, 2.45) is 11.3 Å². The first-order valence-electron chi connectivity index (χ1n) is 12.6. The smallest absolute Gasteiger partial charge is 0.0787 e. The van der Waals surface area contributed by atoms with Gasteiger partial charge in [0.2, 0.25) is 0 Å². The lowest BCUT2D eigenvalue weighted by Gasteiger charge is -2.41. The number of aliphatic hydroxyl groups excluding tert-OH is 1. The average Bonchev–Trinajstić information content (AvgIpc) is 3.10. The third-order valence-corrected chi connectivity index (χ3v) is 9.53. The highest BCUT2D eigenvalue weighted by Crippen LogP contribution is 2.55. The minimum absolute atomic E-state index is 0.281. The van der Waals surface area contributed by atoms with Crippen molar-refractivity contribution in [1.82, 2.24) is 0 Å². The Morgan fingerprint density at radius 3 is 2.58 bits per heavy atom. The first-order chi connectivity index (χ1) is 14.8. The summed E-state index contributed by atoms with van der Waals surface area (Å²) in [5.41, 5.74) is 5.64. The van der Waals surface area contributed by atoms with E-state index >= 15 is 0 Å². The molecular weight excluding hydrogens is 400 g/mol. The normalized spacial score (nSPS) is 33.2. The second kappa shape index (κ2) is 10.9. The van der Waals surface area contributed by atoms with E-state index in [1.807, 2.05) is 11.8 Å². The third kappa shape index (κ3) is 5.78. The molecule has 2 unspecified atom stereocenters. The molecule has 3 atom stereocenters. The molecule has 0 spiro atoms. The third-order valence-electron chi connectivity index (χ3n) is 8.27. The van der Waals surface area contributed by atoms with E-state index in [9.17, 15) is 10.2 Å². The Labute approximate surface area is 195 Å². The van der Waals surface area contributed by atoms with Crippen LogP contribution >= 0.6 is 11.8 Å². The molecule has 0 aromatic rings. The molecular formula is C28H44O2S. The molecule has 3 heteroatoms. The van der Waals surface area contributed by atoms with Crippen LogP contribution in [0.5, 0.6) is 0 Å². The van der Waals surface area contributed by atoms with Crippen LogP contribution < -0.4 is 0 Å². The van der Waals surface area contributed by atoms with Crippen molar-refractivity contribution in [1.29, 1.82) is 0 Å². The van der Waals surface area contributed by atoms with Crippen LogP contribution in [0, 0.1) is 11.3 Å². The van der Waals surface area contributed by atoms with E-state index < -0.39 is 5.60 Å². The Morgan fingerprint density at radius 1 is 1.13 bits per heavy atom. The van der Waals surface area contributed by atoms with Crippen LogP contribution in [0.3, 0.4) is 0 Å². The second-order valence-corrected chi connectivity index (χ2v) is 11.2. The van der Waals surface area contributed by atoms with Gasteiger partial charge in [0.1, 0.15) is 0 Å². The van der Waals surface area contributed by atoms with E-state index in [1.165, 1.54) is 36.8 Å². The standard InChI is InChI=1S/C28H44O2S/c1-5-9-23-14-12-21(18-26(23)29)11-13-22-10-8-17-27(4)24(15-16-25(22)27)19-31-20-28(30,6-2)7-3/h9,11,13,15,25-26,29-30H,5-8,10,12,14,16-20H2,1-4H3/b21-11-,22-13+,23-9-/t25?,26-,27?/m1/s1. The lowest BCUT2D eigenvalue weighted by molar-refractivity contribution is 0.0572. The molecule has 0 heterocycles. The number of fused-ring (bicyclic) bond motifs is 1. The van der Waals surface area contributed by atoms with E-state index in [2.05, 4.69) is 52.0 Å². The number of aliphatic hydroxyl groups is 2. The van der Waals surface area contributed by atoms with E-state index in [0.717, 1.165) is 50.0 Å². The van der Waals surface area contributed by atoms with Gasteiger partial charge in [0, 0.05) is 11.5 Å². The highest BCUT2D eigenvalue weighted by atomic mass is 32.2. The Hall–Kier alpha value is -0.770. The van der Waals surface area contributed by atoms with Gasteiger partial charge in [-0.15, -0.1) is 0 Å². The van der Waals surface area contributed by atoms with Crippen molar-refractivity contribution in [2.45, 2.75) is 104 Å². The zero-order valence-electron chi connectivity index (χ0n) is 20.3. The molecule has 2 saturated carbocycles. The quantitative estimate of drug-likeness (QED) is 0.391. The molecule has 0 amide bonds. The van der Waals surface area contributed by atoms with Crippen molar-refractivity contribution in [3.8, 4) is 0 Å². The zero-order chi connectivity index (χ0) is 22.5. The lowest BCUT2D eigenvalue weighted by Crippen LogP contribution is -2.32. The molecule has 0 bridgehead atoms. The molecule has 3 rings (SSSR count). The summed E-state index contributed by atoms with van der Waals surface area (Å²) in [4.78, 5) is 0. The number of hydrogen-bond donors (Lipinski definition) is 2. The zero-order valence-corrected chi connectivity index (χ0v) is 21.1. The molecule has 2 nitrogen and oxygen atoms in total. The van der Waals surface area contributed by atoms with Crippen LogP contribution in [-0.2, 0) is 0 Å². The number of rotatable bonds is 8. The Bertz CT molecular complexity index is 740. The van der Waals surface area contributed by atoms with Crippen LogP contribution in [0.1, 0.15) is 91.9 Å². The molecule has 3 aliphatic carbocycles. The van der Waals surface area contributed by atoms with Crippen molar-refractivity contribution in [3.05, 3.63) is 46.6 Å². The fourth-order valence-electron chi connectivity index (χ4n) is 5.76. The molecule has 2 fully saturated rings. The topological polar surface area (TPSA) is 40.5 Å². The summed E-state index contributed by atoms with van der Waals surface area (Å²) in [7, 11) is 0. The van der Waals surface area contributed by atoms with Crippen LogP contribution in [0.25, 0.3) is 0 Å². The maximum absolute atomic E-state index is 10.6. The molecule has 31 heavy (non-hydrogen) atoms. The van der Waals surface area contributed by atoms with Crippen LogP contribution in [0.2, 0.25) is 0 Å². The van der Waals surface area contributed by atoms with Crippen LogP contribution in [0.15, 0.2) is 46.6 Å². The molecule has 174 valence electrons. The number of thioether (sulfide) groups is 1. The van der Waals surface area contributed by atoms with Crippen LogP contribution in [-0.4, -0.2) is 33.4 Å². The van der Waals surface area contributed by atoms with Gasteiger partial charge >= 0.3 is 0 Å². The summed E-state index contributed by atoms with van der Waals surface area (Å²) in [5, 5.41) is 21.1. The Morgan fingerprint density at radius 2 is 1.90 bits per heavy atom. The molecule has 0 saturated heterocycles. The molecule has 0 aromatic heterocycles. The summed E-state index contributed by atoms with van der Waals surface area (Å²) in [5.74, 6) is 2.53. The van der Waals surface area contributed by atoms with E-state index in [-0.39, 0.29) is 11.5 Å². The number of allylic oxidation sites excluding steroid dienone is 5. The fraction of sp³-hybridized carbons (Fsp3) is 0.714.